The molecule has 1 aliphatic carbocycles. The van der Waals surface area contributed by atoms with Crippen molar-refractivity contribution >= 4 is 41.5 Å². The van der Waals surface area contributed by atoms with Crippen molar-refractivity contribution in [1.29, 1.82) is 0 Å². The molecule has 0 aliphatic heterocycles. The number of halogens is 3. The number of carbonyl (C=O) groups excluding carboxylic acids is 1. The van der Waals surface area contributed by atoms with E-state index in [4.69, 9.17) is 19.1 Å². The Labute approximate surface area is 251 Å². The highest BCUT2D eigenvalue weighted by Gasteiger charge is 2.29. The molecule has 1 saturated carbocycles. The minimum atomic E-state index is -4.35. The normalized spacial score (nSPS) is 17.5. The van der Waals surface area contributed by atoms with Gasteiger partial charge in [-0.1, -0.05) is 12.1 Å². The van der Waals surface area contributed by atoms with Crippen LogP contribution in [0.4, 0.5) is 23.8 Å². The summed E-state index contributed by atoms with van der Waals surface area (Å²) in [6, 6.07) is 9.99. The largest absolute Gasteiger partial charge is 0.446 e. The molecular weight excluding hydrogens is 595 g/mol. The Morgan fingerprint density at radius 3 is 2.50 bits per heavy atom. The molecule has 42 heavy (non-hydrogen) atoms. The smallest absolute Gasteiger partial charge is 0.443 e. The molecule has 2 atom stereocenters. The molecule has 4 rings (SSSR count). The number of ether oxygens (including phenoxy) is 1. The first-order chi connectivity index (χ1) is 19.4. The molecule has 1 aliphatic rings. The SMILES string of the molecule is CC(C)(C)OC(=O)NSOCC1CCC(Nc2ccnc3cc(-c4cccc(SC(F)(F)F)c4)nn23)C1.CC(C)(O)O. The first kappa shape index (κ1) is 33.8. The molecule has 2 aromatic heterocycles. The van der Waals surface area contributed by atoms with Crippen molar-refractivity contribution in [2.75, 3.05) is 11.9 Å². The Kier molecular flexibility index (Phi) is 11.4. The molecule has 10 nitrogen and oxygen atoms in total. The van der Waals surface area contributed by atoms with Crippen LogP contribution < -0.4 is 10.0 Å². The van der Waals surface area contributed by atoms with Crippen LogP contribution in [0.2, 0.25) is 0 Å². The number of aliphatic hydroxyl groups is 2. The van der Waals surface area contributed by atoms with Crippen molar-refractivity contribution in [3.05, 3.63) is 42.6 Å². The van der Waals surface area contributed by atoms with Crippen molar-refractivity contribution in [3.8, 4) is 11.3 Å². The van der Waals surface area contributed by atoms with Gasteiger partial charge in [-0.05, 0) is 89.8 Å². The van der Waals surface area contributed by atoms with Crippen molar-refractivity contribution in [1.82, 2.24) is 19.3 Å². The zero-order valence-electron chi connectivity index (χ0n) is 23.9. The number of hydrogen-bond donors (Lipinski definition) is 4. The van der Waals surface area contributed by atoms with E-state index < -0.39 is 23.0 Å². The minimum Gasteiger partial charge on any atom is -0.443 e. The van der Waals surface area contributed by atoms with Crippen molar-refractivity contribution in [2.45, 2.75) is 81.7 Å². The second kappa shape index (κ2) is 14.2. The Morgan fingerprint density at radius 1 is 1.12 bits per heavy atom. The number of amides is 1. The lowest BCUT2D eigenvalue weighted by Crippen LogP contribution is -2.29. The van der Waals surface area contributed by atoms with Crippen LogP contribution in [0.3, 0.4) is 0 Å². The molecule has 0 spiro atoms. The molecule has 0 saturated heterocycles. The summed E-state index contributed by atoms with van der Waals surface area (Å²) < 4.78 is 53.2. The second-order valence-corrected chi connectivity index (χ2v) is 12.9. The summed E-state index contributed by atoms with van der Waals surface area (Å²) in [5.41, 5.74) is -3.21. The second-order valence-electron chi connectivity index (χ2n) is 11.2. The number of aromatic nitrogens is 3. The fourth-order valence-corrected chi connectivity index (χ4v) is 5.09. The highest BCUT2D eigenvalue weighted by Crippen LogP contribution is 2.38. The zero-order valence-corrected chi connectivity index (χ0v) is 25.6. The number of benzene rings is 1. The van der Waals surface area contributed by atoms with Gasteiger partial charge in [0.2, 0.25) is 0 Å². The van der Waals surface area contributed by atoms with Crippen LogP contribution in [-0.4, -0.2) is 60.4 Å². The lowest BCUT2D eigenvalue weighted by molar-refractivity contribution is -0.127. The summed E-state index contributed by atoms with van der Waals surface area (Å²) in [5, 5.41) is 24.3. The predicted octanol–water partition coefficient (Wildman–Crippen LogP) is 6.40. The van der Waals surface area contributed by atoms with E-state index in [0.717, 1.165) is 37.3 Å². The average Bonchev–Trinajstić information content (AvgIpc) is 3.46. The molecule has 4 N–H and O–H groups in total. The van der Waals surface area contributed by atoms with Crippen molar-refractivity contribution in [3.63, 3.8) is 0 Å². The maximum absolute atomic E-state index is 12.8. The fraction of sp³-hybridized carbons (Fsp3) is 0.519. The van der Waals surface area contributed by atoms with Gasteiger partial charge < -0.3 is 20.3 Å². The van der Waals surface area contributed by atoms with Gasteiger partial charge in [0.15, 0.2) is 11.4 Å². The van der Waals surface area contributed by atoms with Crippen LogP contribution in [0.15, 0.2) is 47.5 Å². The summed E-state index contributed by atoms with van der Waals surface area (Å²) in [6.07, 6.45) is 3.91. The topological polar surface area (TPSA) is 130 Å². The van der Waals surface area contributed by atoms with E-state index in [1.165, 1.54) is 26.0 Å². The van der Waals surface area contributed by atoms with Gasteiger partial charge >= 0.3 is 11.6 Å². The lowest BCUT2D eigenvalue weighted by Gasteiger charge is -2.19. The summed E-state index contributed by atoms with van der Waals surface area (Å²) in [5.74, 6) is -0.422. The van der Waals surface area contributed by atoms with Crippen LogP contribution in [-0.2, 0) is 8.92 Å². The molecule has 232 valence electrons. The van der Waals surface area contributed by atoms with E-state index in [0.29, 0.717) is 29.4 Å². The van der Waals surface area contributed by atoms with E-state index in [9.17, 15) is 18.0 Å². The lowest BCUT2D eigenvalue weighted by atomic mass is 10.1. The van der Waals surface area contributed by atoms with E-state index in [2.05, 4.69) is 20.1 Å². The fourth-order valence-electron chi connectivity index (χ4n) is 4.06. The van der Waals surface area contributed by atoms with Crippen LogP contribution in [0.25, 0.3) is 16.9 Å². The summed E-state index contributed by atoms with van der Waals surface area (Å²) in [4.78, 5) is 16.1. The maximum atomic E-state index is 12.8. The van der Waals surface area contributed by atoms with Crippen LogP contribution in [0.1, 0.15) is 53.9 Å². The van der Waals surface area contributed by atoms with Gasteiger partial charge in [-0.25, -0.2) is 14.5 Å². The van der Waals surface area contributed by atoms with Gasteiger partial charge in [0.1, 0.15) is 23.6 Å². The molecule has 15 heteroatoms. The highest BCUT2D eigenvalue weighted by molar-refractivity contribution is 8.00. The quantitative estimate of drug-likeness (QED) is 0.0729. The maximum Gasteiger partial charge on any atom is 0.446 e. The standard InChI is InChI=1S/C24H28F3N5O3S2.C3H8O2/c1-23(2,3)35-22(33)31-37-34-14-15-7-8-17(11-15)29-20-9-10-28-21-13-19(30-32(20)21)16-5-4-6-18(12-16)36-24(25,26)27;1-3(2,4)5/h4-6,9-10,12-13,15,17,29H,7-8,11,14H2,1-3H3,(H,31,33);4-5H,1-2H3. The van der Waals surface area contributed by atoms with Crippen molar-refractivity contribution in [2.24, 2.45) is 5.92 Å². The Balaban J connectivity index is 0.000000892. The van der Waals surface area contributed by atoms with Crippen LogP contribution >= 0.6 is 24.0 Å². The molecule has 3 aromatic rings. The predicted molar refractivity (Wildman–Crippen MR) is 157 cm³/mol. The third-order valence-corrected chi connectivity index (χ3v) is 6.73. The number of rotatable bonds is 8. The van der Waals surface area contributed by atoms with Crippen molar-refractivity contribution < 1.29 is 37.1 Å². The molecule has 0 bridgehead atoms. The van der Waals surface area contributed by atoms with E-state index >= 15 is 0 Å². The van der Waals surface area contributed by atoms with E-state index in [1.807, 2.05) is 6.07 Å². The summed E-state index contributed by atoms with van der Waals surface area (Å²) >= 11 is 0.720. The first-order valence-corrected chi connectivity index (χ1v) is 14.7. The van der Waals surface area contributed by atoms with Gasteiger partial charge in [-0.2, -0.15) is 22.8 Å². The van der Waals surface area contributed by atoms with Gasteiger partial charge in [0.05, 0.1) is 12.3 Å². The number of anilines is 1. The number of carbonyl (C=O) groups is 1. The summed E-state index contributed by atoms with van der Waals surface area (Å²) in [6.45, 7) is 8.46. The number of fused-ring (bicyclic) bond motifs is 1. The van der Waals surface area contributed by atoms with Gasteiger partial charge in [0.25, 0.3) is 0 Å². The third-order valence-electron chi connectivity index (χ3n) is 5.50. The monoisotopic (exact) mass is 631 g/mol. The summed E-state index contributed by atoms with van der Waals surface area (Å²) in [7, 11) is 0. The van der Waals surface area contributed by atoms with Gasteiger partial charge in [0, 0.05) is 28.8 Å². The van der Waals surface area contributed by atoms with Gasteiger partial charge in [-0.3, -0.25) is 4.18 Å². The number of alkyl halides is 3. The highest BCUT2D eigenvalue weighted by atomic mass is 32.2. The van der Waals surface area contributed by atoms with Gasteiger partial charge in [-0.15, -0.1) is 0 Å². The molecule has 1 fully saturated rings. The Morgan fingerprint density at radius 2 is 1.83 bits per heavy atom. The minimum absolute atomic E-state index is 0.104. The molecule has 2 unspecified atom stereocenters. The Bertz CT molecular complexity index is 1320. The first-order valence-electron chi connectivity index (χ1n) is 13.1. The average molecular weight is 632 g/mol. The molecule has 1 amide bonds. The van der Waals surface area contributed by atoms with Crippen LogP contribution in [0.5, 0.6) is 0 Å². The molecule has 2 heterocycles. The number of hydrogen-bond acceptors (Lipinski definition) is 10. The van der Waals surface area contributed by atoms with E-state index in [1.54, 1.807) is 49.7 Å². The van der Waals surface area contributed by atoms with E-state index in [-0.39, 0.29) is 22.7 Å². The molecule has 1 aromatic carbocycles. The number of thioether (sulfide) groups is 1. The number of nitrogens with one attached hydrogen (secondary N) is 2. The third kappa shape index (κ3) is 12.3. The van der Waals surface area contributed by atoms with Crippen LogP contribution in [0, 0.1) is 5.92 Å². The molecule has 0 radical (unpaired) electrons. The number of nitrogens with zero attached hydrogens (tertiary/aromatic N) is 3. The zero-order chi connectivity index (χ0) is 31.1. The molecular formula is C27H36F3N5O5S2. The Hall–Kier alpha value is -2.72.